The summed E-state index contributed by atoms with van der Waals surface area (Å²) >= 11 is 0. The Kier molecular flexibility index (Phi) is 5.95. The van der Waals surface area contributed by atoms with Crippen LogP contribution in [0.4, 0.5) is 17.6 Å². The van der Waals surface area contributed by atoms with Crippen LogP contribution in [0.25, 0.3) is 0 Å². The number of hydrogen-bond acceptors (Lipinski definition) is 2. The Hall–Kier alpha value is -1.14. The molecule has 1 rings (SSSR count). The quantitative estimate of drug-likeness (QED) is 0.469. The van der Waals surface area contributed by atoms with Gasteiger partial charge in [-0.05, 0) is 18.4 Å². The van der Waals surface area contributed by atoms with Crippen molar-refractivity contribution < 1.29 is 17.6 Å². The molecule has 1 aromatic carbocycles. The number of nitrogens with one attached hydrogen (secondary N) is 1. The standard InChI is InChI=1S/C14H20F4N2/c1-3-5-9(2)8-12(20-19)10-6-4-7-11(13(10)15)14(16,17)18/h4,6-7,9,12,20H,3,5,8,19H2,1-2H3. The lowest BCUT2D eigenvalue weighted by molar-refractivity contribution is -0.140. The van der Waals surface area contributed by atoms with Crippen LogP contribution in [0.3, 0.4) is 0 Å². The van der Waals surface area contributed by atoms with E-state index in [4.69, 9.17) is 5.84 Å². The van der Waals surface area contributed by atoms with E-state index in [-0.39, 0.29) is 11.5 Å². The lowest BCUT2D eigenvalue weighted by Gasteiger charge is -2.22. The molecule has 20 heavy (non-hydrogen) atoms. The van der Waals surface area contributed by atoms with Crippen LogP contribution in [0.15, 0.2) is 18.2 Å². The number of hydrazine groups is 1. The molecule has 0 amide bonds. The third-order valence-corrected chi connectivity index (χ3v) is 3.33. The lowest BCUT2D eigenvalue weighted by atomic mass is 9.92. The van der Waals surface area contributed by atoms with Crippen molar-refractivity contribution in [2.45, 2.75) is 45.3 Å². The molecule has 114 valence electrons. The average Bonchev–Trinajstić information content (AvgIpc) is 2.35. The Bertz CT molecular complexity index is 432. The summed E-state index contributed by atoms with van der Waals surface area (Å²) in [5.74, 6) is 4.38. The fourth-order valence-corrected chi connectivity index (χ4v) is 2.34. The number of rotatable bonds is 6. The summed E-state index contributed by atoms with van der Waals surface area (Å²) in [6.07, 6.45) is -2.33. The van der Waals surface area contributed by atoms with E-state index in [9.17, 15) is 17.6 Å². The minimum atomic E-state index is -4.70. The second-order valence-corrected chi connectivity index (χ2v) is 5.06. The number of benzene rings is 1. The molecule has 3 N–H and O–H groups in total. The molecule has 0 fully saturated rings. The maximum Gasteiger partial charge on any atom is 0.419 e. The molecule has 2 unspecified atom stereocenters. The van der Waals surface area contributed by atoms with E-state index in [1.165, 1.54) is 12.1 Å². The first-order valence-electron chi connectivity index (χ1n) is 6.63. The van der Waals surface area contributed by atoms with Gasteiger partial charge in [-0.15, -0.1) is 0 Å². The summed E-state index contributed by atoms with van der Waals surface area (Å²) < 4.78 is 52.1. The van der Waals surface area contributed by atoms with Crippen molar-refractivity contribution in [2.24, 2.45) is 11.8 Å². The molecule has 0 saturated carbocycles. The Morgan fingerprint density at radius 3 is 2.45 bits per heavy atom. The highest BCUT2D eigenvalue weighted by atomic mass is 19.4. The van der Waals surface area contributed by atoms with Gasteiger partial charge in [0.05, 0.1) is 5.56 Å². The van der Waals surface area contributed by atoms with E-state index in [0.717, 1.165) is 18.9 Å². The highest BCUT2D eigenvalue weighted by molar-refractivity contribution is 5.30. The first kappa shape index (κ1) is 16.9. The largest absolute Gasteiger partial charge is 0.419 e. The maximum atomic E-state index is 14.0. The number of alkyl halides is 3. The SMILES string of the molecule is CCCC(C)CC(NN)c1cccc(C(F)(F)F)c1F. The van der Waals surface area contributed by atoms with Gasteiger partial charge < -0.3 is 0 Å². The topological polar surface area (TPSA) is 38.0 Å². The van der Waals surface area contributed by atoms with Crippen LogP contribution in [-0.4, -0.2) is 0 Å². The van der Waals surface area contributed by atoms with Crippen molar-refractivity contribution in [1.82, 2.24) is 5.43 Å². The Labute approximate surface area is 116 Å². The van der Waals surface area contributed by atoms with E-state index in [1.54, 1.807) is 0 Å². The van der Waals surface area contributed by atoms with Crippen molar-refractivity contribution in [3.05, 3.63) is 35.1 Å². The fourth-order valence-electron chi connectivity index (χ4n) is 2.34. The summed E-state index contributed by atoms with van der Waals surface area (Å²) in [5.41, 5.74) is 1.13. The van der Waals surface area contributed by atoms with E-state index in [2.05, 4.69) is 5.43 Å². The summed E-state index contributed by atoms with van der Waals surface area (Å²) in [5, 5.41) is 0. The van der Waals surface area contributed by atoms with Crippen LogP contribution in [0.2, 0.25) is 0 Å². The van der Waals surface area contributed by atoms with Gasteiger partial charge in [0.2, 0.25) is 0 Å². The molecule has 0 bridgehead atoms. The molecule has 1 aromatic rings. The third kappa shape index (κ3) is 4.18. The Morgan fingerprint density at radius 1 is 1.30 bits per heavy atom. The van der Waals surface area contributed by atoms with E-state index in [0.29, 0.717) is 6.42 Å². The molecule has 0 saturated heterocycles. The van der Waals surface area contributed by atoms with Crippen LogP contribution in [0.5, 0.6) is 0 Å². The van der Waals surface area contributed by atoms with Crippen molar-refractivity contribution in [1.29, 1.82) is 0 Å². The molecule has 2 nitrogen and oxygen atoms in total. The van der Waals surface area contributed by atoms with Crippen molar-refractivity contribution >= 4 is 0 Å². The maximum absolute atomic E-state index is 14.0. The summed E-state index contributed by atoms with van der Waals surface area (Å²) in [4.78, 5) is 0. The summed E-state index contributed by atoms with van der Waals surface area (Å²) in [6, 6.07) is 2.66. The average molecular weight is 292 g/mol. The molecule has 0 aromatic heterocycles. The Balaban J connectivity index is 3.04. The number of hydrogen-bond donors (Lipinski definition) is 2. The third-order valence-electron chi connectivity index (χ3n) is 3.33. The van der Waals surface area contributed by atoms with Crippen molar-refractivity contribution in [3.8, 4) is 0 Å². The van der Waals surface area contributed by atoms with E-state index in [1.807, 2.05) is 13.8 Å². The van der Waals surface area contributed by atoms with Gasteiger partial charge in [0.25, 0.3) is 0 Å². The zero-order valence-electron chi connectivity index (χ0n) is 11.6. The molecule has 0 aliphatic rings. The second-order valence-electron chi connectivity index (χ2n) is 5.06. The Morgan fingerprint density at radius 2 is 1.95 bits per heavy atom. The predicted molar refractivity (Wildman–Crippen MR) is 70.2 cm³/mol. The van der Waals surface area contributed by atoms with Gasteiger partial charge in [-0.25, -0.2) is 4.39 Å². The number of nitrogens with two attached hydrogens (primary N) is 1. The van der Waals surface area contributed by atoms with Gasteiger partial charge in [0.15, 0.2) is 0 Å². The first-order valence-corrected chi connectivity index (χ1v) is 6.63. The van der Waals surface area contributed by atoms with Gasteiger partial charge >= 0.3 is 6.18 Å². The molecule has 0 radical (unpaired) electrons. The molecule has 6 heteroatoms. The minimum absolute atomic E-state index is 0.0368. The van der Waals surface area contributed by atoms with Crippen LogP contribution in [0.1, 0.15) is 50.3 Å². The minimum Gasteiger partial charge on any atom is -0.271 e. The molecular formula is C14H20F4N2. The molecule has 0 spiro atoms. The van der Waals surface area contributed by atoms with E-state index >= 15 is 0 Å². The van der Waals surface area contributed by atoms with Gasteiger partial charge in [-0.1, -0.05) is 38.8 Å². The predicted octanol–water partition coefficient (Wildman–Crippen LogP) is 4.18. The van der Waals surface area contributed by atoms with Crippen LogP contribution in [0, 0.1) is 11.7 Å². The van der Waals surface area contributed by atoms with Crippen LogP contribution < -0.4 is 11.3 Å². The first-order chi connectivity index (χ1) is 9.31. The van der Waals surface area contributed by atoms with Gasteiger partial charge in [0, 0.05) is 11.6 Å². The molecule has 0 aliphatic heterocycles. The van der Waals surface area contributed by atoms with Crippen molar-refractivity contribution in [2.75, 3.05) is 0 Å². The van der Waals surface area contributed by atoms with Crippen LogP contribution >= 0.6 is 0 Å². The highest BCUT2D eigenvalue weighted by Gasteiger charge is 2.35. The monoisotopic (exact) mass is 292 g/mol. The molecule has 0 heterocycles. The second kappa shape index (κ2) is 7.04. The van der Waals surface area contributed by atoms with Gasteiger partial charge in [-0.3, -0.25) is 11.3 Å². The fraction of sp³-hybridized carbons (Fsp3) is 0.571. The highest BCUT2D eigenvalue weighted by Crippen LogP contribution is 2.35. The summed E-state index contributed by atoms with van der Waals surface area (Å²) in [7, 11) is 0. The van der Waals surface area contributed by atoms with Gasteiger partial charge in [0.1, 0.15) is 5.82 Å². The molecule has 2 atom stereocenters. The summed E-state index contributed by atoms with van der Waals surface area (Å²) in [6.45, 7) is 3.99. The molecular weight excluding hydrogens is 272 g/mol. The normalized spacial score (nSPS) is 15.2. The van der Waals surface area contributed by atoms with E-state index < -0.39 is 23.6 Å². The zero-order chi connectivity index (χ0) is 15.3. The van der Waals surface area contributed by atoms with Gasteiger partial charge in [-0.2, -0.15) is 13.2 Å². The zero-order valence-corrected chi connectivity index (χ0v) is 11.6. The number of halogens is 4. The smallest absolute Gasteiger partial charge is 0.271 e. The molecule has 0 aliphatic carbocycles. The van der Waals surface area contributed by atoms with Crippen LogP contribution in [-0.2, 0) is 6.18 Å². The van der Waals surface area contributed by atoms with Crippen molar-refractivity contribution in [3.63, 3.8) is 0 Å². The lowest BCUT2D eigenvalue weighted by Crippen LogP contribution is -2.30.